The molecule has 1 rings (SSSR count). The standard InChI is InChI=1S/C7H9N.Al.3H/c1-6-4-2-3-5-7(6)8;;;;/h2-5H,8H2,1H3;;;;. The van der Waals surface area contributed by atoms with Gasteiger partial charge in [-0.15, -0.1) is 0 Å². The van der Waals surface area contributed by atoms with Gasteiger partial charge in [-0.2, -0.15) is 0 Å². The predicted octanol–water partition coefficient (Wildman–Crippen LogP) is 0.393. The number of anilines is 1. The SMILES string of the molecule is Cc1ccccc1N.[AlH3]. The first-order chi connectivity index (χ1) is 3.80. The highest BCUT2D eigenvalue weighted by molar-refractivity contribution is 5.75. The molecule has 0 unspecified atom stereocenters. The van der Waals surface area contributed by atoms with Crippen LogP contribution in [0.15, 0.2) is 24.3 Å². The second-order valence-electron chi connectivity index (χ2n) is 1.86. The molecule has 0 aromatic heterocycles. The minimum atomic E-state index is 0. The summed E-state index contributed by atoms with van der Waals surface area (Å²) in [6.07, 6.45) is 0. The van der Waals surface area contributed by atoms with Crippen LogP contribution in [0.5, 0.6) is 0 Å². The molecule has 0 aliphatic carbocycles. The number of nitrogen functional groups attached to an aromatic ring is 1. The molecule has 0 saturated heterocycles. The Morgan fingerprint density at radius 3 is 2.11 bits per heavy atom. The van der Waals surface area contributed by atoms with Crippen molar-refractivity contribution < 1.29 is 0 Å². The van der Waals surface area contributed by atoms with Gasteiger partial charge in [0.25, 0.3) is 0 Å². The Balaban J connectivity index is 0.000000640. The Bertz CT molecular complexity index is 165. The van der Waals surface area contributed by atoms with Crippen LogP contribution >= 0.6 is 0 Å². The van der Waals surface area contributed by atoms with Crippen LogP contribution in [0.4, 0.5) is 5.69 Å². The summed E-state index contributed by atoms with van der Waals surface area (Å²) in [6, 6.07) is 7.80. The minimum Gasteiger partial charge on any atom is -0.399 e. The van der Waals surface area contributed by atoms with Crippen molar-refractivity contribution in [1.82, 2.24) is 0 Å². The molecule has 0 heterocycles. The minimum absolute atomic E-state index is 0. The number of hydrogen-bond acceptors (Lipinski definition) is 1. The summed E-state index contributed by atoms with van der Waals surface area (Å²) >= 11 is 0. The van der Waals surface area contributed by atoms with Crippen LogP contribution in [0.25, 0.3) is 0 Å². The van der Waals surface area contributed by atoms with E-state index in [1.54, 1.807) is 0 Å². The fourth-order valence-electron chi connectivity index (χ4n) is 0.587. The Hall–Kier alpha value is -0.448. The molecule has 0 amide bonds. The number of hydrogen-bond donors (Lipinski definition) is 1. The predicted molar refractivity (Wildman–Crippen MR) is 45.5 cm³/mol. The summed E-state index contributed by atoms with van der Waals surface area (Å²) in [7, 11) is 0. The van der Waals surface area contributed by atoms with E-state index in [-0.39, 0.29) is 17.4 Å². The quantitative estimate of drug-likeness (QED) is 0.406. The average molecular weight is 137 g/mol. The van der Waals surface area contributed by atoms with Crippen molar-refractivity contribution in [2.75, 3.05) is 5.73 Å². The fourth-order valence-corrected chi connectivity index (χ4v) is 0.587. The van der Waals surface area contributed by atoms with Crippen molar-refractivity contribution in [3.63, 3.8) is 0 Å². The molecule has 0 aliphatic rings. The van der Waals surface area contributed by atoms with Crippen molar-refractivity contribution in [2.24, 2.45) is 0 Å². The summed E-state index contributed by atoms with van der Waals surface area (Å²) in [5.74, 6) is 0. The summed E-state index contributed by atoms with van der Waals surface area (Å²) in [5.41, 5.74) is 7.53. The highest BCUT2D eigenvalue weighted by Gasteiger charge is 1.84. The van der Waals surface area contributed by atoms with Gasteiger partial charge in [0.05, 0.1) is 0 Å². The lowest BCUT2D eigenvalue weighted by Gasteiger charge is -1.93. The third kappa shape index (κ3) is 2.09. The largest absolute Gasteiger partial charge is 0.399 e. The van der Waals surface area contributed by atoms with Crippen molar-refractivity contribution >= 4 is 23.0 Å². The first kappa shape index (κ1) is 8.55. The van der Waals surface area contributed by atoms with Crippen LogP contribution in [0, 0.1) is 6.92 Å². The van der Waals surface area contributed by atoms with E-state index in [1.165, 1.54) is 0 Å². The first-order valence-electron chi connectivity index (χ1n) is 2.62. The number of aryl methyl sites for hydroxylation is 1. The van der Waals surface area contributed by atoms with E-state index in [1.807, 2.05) is 31.2 Å². The van der Waals surface area contributed by atoms with Gasteiger partial charge in [-0.05, 0) is 18.6 Å². The second-order valence-corrected chi connectivity index (χ2v) is 1.86. The average Bonchev–Trinajstić information content (AvgIpc) is 1.77. The molecule has 0 saturated carbocycles. The topological polar surface area (TPSA) is 26.0 Å². The van der Waals surface area contributed by atoms with E-state index in [0.29, 0.717) is 0 Å². The van der Waals surface area contributed by atoms with Crippen LogP contribution in [-0.2, 0) is 0 Å². The van der Waals surface area contributed by atoms with Crippen molar-refractivity contribution in [1.29, 1.82) is 0 Å². The maximum absolute atomic E-state index is 5.52. The normalized spacial score (nSPS) is 8.11. The summed E-state index contributed by atoms with van der Waals surface area (Å²) in [6.45, 7) is 2.00. The third-order valence-electron chi connectivity index (χ3n) is 1.19. The van der Waals surface area contributed by atoms with Gasteiger partial charge in [-0.1, -0.05) is 18.2 Å². The fraction of sp³-hybridized carbons (Fsp3) is 0.143. The molecule has 2 heteroatoms. The zero-order chi connectivity index (χ0) is 5.98. The molecular formula is C7H12AlN. The van der Waals surface area contributed by atoms with Gasteiger partial charge in [0, 0.05) is 5.69 Å². The molecule has 1 aromatic carbocycles. The van der Waals surface area contributed by atoms with Crippen LogP contribution in [0.2, 0.25) is 0 Å². The molecule has 1 aromatic rings. The van der Waals surface area contributed by atoms with Crippen molar-refractivity contribution in [2.45, 2.75) is 6.92 Å². The van der Waals surface area contributed by atoms with Gasteiger partial charge in [0.1, 0.15) is 0 Å². The van der Waals surface area contributed by atoms with Gasteiger partial charge in [-0.3, -0.25) is 0 Å². The van der Waals surface area contributed by atoms with E-state index in [2.05, 4.69) is 0 Å². The highest BCUT2D eigenvalue weighted by atomic mass is 27.0. The van der Waals surface area contributed by atoms with Crippen LogP contribution < -0.4 is 5.73 Å². The summed E-state index contributed by atoms with van der Waals surface area (Å²) in [5, 5.41) is 0. The molecular weight excluding hydrogens is 125 g/mol. The molecule has 1 nitrogen and oxygen atoms in total. The lowest BCUT2D eigenvalue weighted by molar-refractivity contribution is 1.47. The Kier molecular flexibility index (Phi) is 3.38. The number of para-hydroxylation sites is 1. The van der Waals surface area contributed by atoms with Gasteiger partial charge in [0.2, 0.25) is 0 Å². The van der Waals surface area contributed by atoms with Gasteiger partial charge in [-0.25, -0.2) is 0 Å². The van der Waals surface area contributed by atoms with E-state index >= 15 is 0 Å². The molecule has 0 radical (unpaired) electrons. The van der Waals surface area contributed by atoms with Crippen molar-refractivity contribution in [3.8, 4) is 0 Å². The van der Waals surface area contributed by atoms with Crippen LogP contribution in [0.3, 0.4) is 0 Å². The van der Waals surface area contributed by atoms with E-state index < -0.39 is 0 Å². The van der Waals surface area contributed by atoms with Gasteiger partial charge in [0.15, 0.2) is 17.4 Å². The second kappa shape index (κ2) is 3.55. The highest BCUT2D eigenvalue weighted by Crippen LogP contribution is 2.06. The molecule has 2 N–H and O–H groups in total. The maximum Gasteiger partial charge on any atom is 0.187 e. The lowest BCUT2D eigenvalue weighted by Crippen LogP contribution is -1.85. The Morgan fingerprint density at radius 2 is 1.78 bits per heavy atom. The van der Waals surface area contributed by atoms with Crippen LogP contribution in [-0.4, -0.2) is 17.4 Å². The zero-order valence-electron chi connectivity index (χ0n) is 4.89. The lowest BCUT2D eigenvalue weighted by atomic mass is 10.2. The number of nitrogens with two attached hydrogens (primary N) is 1. The summed E-state index contributed by atoms with van der Waals surface area (Å²) in [4.78, 5) is 0. The van der Waals surface area contributed by atoms with Crippen LogP contribution in [0.1, 0.15) is 5.56 Å². The molecule has 0 fully saturated rings. The van der Waals surface area contributed by atoms with E-state index in [9.17, 15) is 0 Å². The Morgan fingerprint density at radius 1 is 1.22 bits per heavy atom. The van der Waals surface area contributed by atoms with Crippen molar-refractivity contribution in [3.05, 3.63) is 29.8 Å². The molecule has 0 spiro atoms. The molecule has 0 atom stereocenters. The van der Waals surface area contributed by atoms with E-state index in [0.717, 1.165) is 11.3 Å². The number of rotatable bonds is 0. The summed E-state index contributed by atoms with van der Waals surface area (Å²) < 4.78 is 0. The molecule has 0 aliphatic heterocycles. The molecule has 48 valence electrons. The first-order valence-corrected chi connectivity index (χ1v) is 2.62. The maximum atomic E-state index is 5.52. The molecule has 0 bridgehead atoms. The van der Waals surface area contributed by atoms with Gasteiger partial charge < -0.3 is 5.73 Å². The molecule has 9 heavy (non-hydrogen) atoms. The third-order valence-corrected chi connectivity index (χ3v) is 1.19. The van der Waals surface area contributed by atoms with Gasteiger partial charge >= 0.3 is 0 Å². The Labute approximate surface area is 66.0 Å². The smallest absolute Gasteiger partial charge is 0.187 e. The van der Waals surface area contributed by atoms with E-state index in [4.69, 9.17) is 5.73 Å². The zero-order valence-corrected chi connectivity index (χ0v) is 4.89. The monoisotopic (exact) mass is 137 g/mol. The number of benzene rings is 1.